The van der Waals surface area contributed by atoms with Crippen LogP contribution in [-0.4, -0.2) is 46.9 Å². The molecule has 23 heavy (non-hydrogen) atoms. The first-order valence-electron chi connectivity index (χ1n) is 6.88. The van der Waals surface area contributed by atoms with Crippen molar-refractivity contribution in [3.8, 4) is 11.3 Å². The van der Waals surface area contributed by atoms with Crippen molar-refractivity contribution in [1.29, 1.82) is 0 Å². The molecule has 0 fully saturated rings. The van der Waals surface area contributed by atoms with Crippen molar-refractivity contribution in [1.82, 2.24) is 15.2 Å². The molecule has 9 heteroatoms. The first-order chi connectivity index (χ1) is 11.1. The molecule has 6 nitrogen and oxygen atoms in total. The second kappa shape index (κ2) is 9.12. The van der Waals surface area contributed by atoms with Crippen molar-refractivity contribution < 1.29 is 4.74 Å². The minimum Gasteiger partial charge on any atom is -0.382 e. The molecule has 1 aromatic heterocycles. The minimum absolute atomic E-state index is 0.231. The number of nitrogens with one attached hydrogen (secondary N) is 1. The van der Waals surface area contributed by atoms with E-state index in [1.807, 2.05) is 6.26 Å². The fourth-order valence-electron chi connectivity index (χ4n) is 1.77. The van der Waals surface area contributed by atoms with Crippen LogP contribution in [0.5, 0.6) is 0 Å². The molecule has 1 aromatic carbocycles. The van der Waals surface area contributed by atoms with Crippen LogP contribution in [0.3, 0.4) is 0 Å². The molecule has 0 saturated carbocycles. The lowest BCUT2D eigenvalue weighted by Crippen LogP contribution is -2.14. The number of anilines is 2. The van der Waals surface area contributed by atoms with E-state index in [1.54, 1.807) is 30.0 Å². The van der Waals surface area contributed by atoms with Gasteiger partial charge in [-0.3, -0.25) is 0 Å². The second-order valence-electron chi connectivity index (χ2n) is 4.50. The average Bonchev–Trinajstić information content (AvgIpc) is 2.54. The van der Waals surface area contributed by atoms with Crippen molar-refractivity contribution in [2.24, 2.45) is 0 Å². The van der Waals surface area contributed by atoms with Gasteiger partial charge in [-0.1, -0.05) is 35.3 Å². The highest BCUT2D eigenvalue weighted by Crippen LogP contribution is 2.34. The van der Waals surface area contributed by atoms with E-state index in [4.69, 9.17) is 33.7 Å². The van der Waals surface area contributed by atoms with Crippen LogP contribution in [0.25, 0.3) is 11.3 Å². The summed E-state index contributed by atoms with van der Waals surface area (Å²) in [6, 6.07) is 5.23. The molecule has 0 amide bonds. The number of nitrogen functional groups attached to an aromatic ring is 1. The predicted molar refractivity (Wildman–Crippen MR) is 97.4 cm³/mol. The highest BCUT2D eigenvalue weighted by molar-refractivity contribution is 7.98. The van der Waals surface area contributed by atoms with Crippen LogP contribution in [0.4, 0.5) is 11.8 Å². The summed E-state index contributed by atoms with van der Waals surface area (Å²) in [5.41, 5.74) is 6.96. The summed E-state index contributed by atoms with van der Waals surface area (Å²) in [6.07, 6.45) is 2.04. The molecule has 2 rings (SSSR count). The molecule has 0 unspecified atom stereocenters. The molecule has 0 aliphatic rings. The number of nitrogens with two attached hydrogens (primary N) is 1. The number of halogens is 2. The molecular formula is C14H17Cl2N5OS. The van der Waals surface area contributed by atoms with Gasteiger partial charge in [-0.15, -0.1) is 10.2 Å². The third-order valence-electron chi connectivity index (χ3n) is 2.88. The largest absolute Gasteiger partial charge is 0.382 e. The van der Waals surface area contributed by atoms with E-state index in [0.29, 0.717) is 40.4 Å². The fraction of sp³-hybridized carbons (Fsp3) is 0.357. The van der Waals surface area contributed by atoms with Gasteiger partial charge >= 0.3 is 0 Å². The average molecular weight is 374 g/mol. The summed E-state index contributed by atoms with van der Waals surface area (Å²) in [5, 5.41) is 11.9. The maximum Gasteiger partial charge on any atom is 0.244 e. The van der Waals surface area contributed by atoms with E-state index in [9.17, 15) is 0 Å². The van der Waals surface area contributed by atoms with Gasteiger partial charge in [-0.2, -0.15) is 16.7 Å². The molecule has 3 N–H and O–H groups in total. The molecule has 2 aromatic rings. The lowest BCUT2D eigenvalue weighted by molar-refractivity contribution is 0.160. The zero-order valence-electron chi connectivity index (χ0n) is 12.6. The number of aromatic nitrogens is 3. The molecule has 1 heterocycles. The normalized spacial score (nSPS) is 10.7. The summed E-state index contributed by atoms with van der Waals surface area (Å²) < 4.78 is 5.43. The molecule has 0 aliphatic heterocycles. The van der Waals surface area contributed by atoms with E-state index in [0.717, 1.165) is 12.4 Å². The lowest BCUT2D eigenvalue weighted by atomic mass is 10.1. The summed E-state index contributed by atoms with van der Waals surface area (Å²) in [6.45, 7) is 1.86. The van der Waals surface area contributed by atoms with E-state index in [1.165, 1.54) is 0 Å². The Hall–Kier alpha value is -1.28. The van der Waals surface area contributed by atoms with Gasteiger partial charge in [-0.05, 0) is 12.3 Å². The maximum atomic E-state index is 6.17. The molecule has 0 atom stereocenters. The standard InChI is InChI=1S/C14H17Cl2N5OS/c1-23-8-7-22-6-5-18-14-19-13(17)12(20-21-14)9-3-2-4-10(15)11(9)16/h2-4H,5-8H2,1H3,(H3,17,18,19,21). The molecule has 0 bridgehead atoms. The minimum atomic E-state index is 0.231. The van der Waals surface area contributed by atoms with Crippen LogP contribution in [0.2, 0.25) is 10.0 Å². The van der Waals surface area contributed by atoms with Crippen molar-refractivity contribution in [2.75, 3.05) is 42.8 Å². The topological polar surface area (TPSA) is 86.0 Å². The van der Waals surface area contributed by atoms with Gasteiger partial charge in [0, 0.05) is 17.9 Å². The van der Waals surface area contributed by atoms with Crippen LogP contribution >= 0.6 is 35.0 Å². The smallest absolute Gasteiger partial charge is 0.244 e. The summed E-state index contributed by atoms with van der Waals surface area (Å²) in [7, 11) is 0. The molecule has 0 radical (unpaired) electrons. The summed E-state index contributed by atoms with van der Waals surface area (Å²) in [5.74, 6) is 1.55. The quantitative estimate of drug-likeness (QED) is 0.686. The van der Waals surface area contributed by atoms with E-state index < -0.39 is 0 Å². The molecule has 0 spiro atoms. The number of nitrogens with zero attached hydrogens (tertiary/aromatic N) is 3. The van der Waals surface area contributed by atoms with E-state index in [-0.39, 0.29) is 5.82 Å². The zero-order chi connectivity index (χ0) is 16.7. The summed E-state index contributed by atoms with van der Waals surface area (Å²) >= 11 is 13.9. The van der Waals surface area contributed by atoms with Crippen molar-refractivity contribution in [2.45, 2.75) is 0 Å². The SMILES string of the molecule is CSCCOCCNc1nnc(-c2cccc(Cl)c2Cl)c(N)n1. The third-order valence-corrected chi connectivity index (χ3v) is 4.28. The Kier molecular flexibility index (Phi) is 7.16. The fourth-order valence-corrected chi connectivity index (χ4v) is 2.45. The van der Waals surface area contributed by atoms with Crippen LogP contribution in [0.15, 0.2) is 18.2 Å². The second-order valence-corrected chi connectivity index (χ2v) is 6.27. The van der Waals surface area contributed by atoms with E-state index >= 15 is 0 Å². The third kappa shape index (κ3) is 5.10. The maximum absolute atomic E-state index is 6.17. The van der Waals surface area contributed by atoms with Gasteiger partial charge in [0.2, 0.25) is 5.95 Å². The number of benzene rings is 1. The number of hydrogen-bond acceptors (Lipinski definition) is 7. The van der Waals surface area contributed by atoms with E-state index in [2.05, 4.69) is 20.5 Å². The van der Waals surface area contributed by atoms with Gasteiger partial charge in [0.05, 0.1) is 23.3 Å². The van der Waals surface area contributed by atoms with Gasteiger partial charge in [0.1, 0.15) is 5.69 Å². The number of hydrogen-bond donors (Lipinski definition) is 2. The molecule has 0 aliphatic carbocycles. The van der Waals surface area contributed by atoms with Gasteiger partial charge in [0.15, 0.2) is 5.82 Å². The Morgan fingerprint density at radius 3 is 2.83 bits per heavy atom. The Balaban J connectivity index is 1.99. The highest BCUT2D eigenvalue weighted by atomic mass is 35.5. The summed E-state index contributed by atoms with van der Waals surface area (Å²) in [4.78, 5) is 4.19. The van der Waals surface area contributed by atoms with Gasteiger partial charge < -0.3 is 15.8 Å². The Morgan fingerprint density at radius 2 is 2.09 bits per heavy atom. The molecule has 124 valence electrons. The van der Waals surface area contributed by atoms with Gasteiger partial charge in [0.25, 0.3) is 0 Å². The molecular weight excluding hydrogens is 357 g/mol. The van der Waals surface area contributed by atoms with Crippen molar-refractivity contribution in [3.63, 3.8) is 0 Å². The number of ether oxygens (including phenoxy) is 1. The van der Waals surface area contributed by atoms with Crippen LogP contribution in [0.1, 0.15) is 0 Å². The lowest BCUT2D eigenvalue weighted by Gasteiger charge is -2.09. The predicted octanol–water partition coefficient (Wildman–Crippen LogP) is 3.22. The van der Waals surface area contributed by atoms with Crippen LogP contribution in [-0.2, 0) is 4.74 Å². The van der Waals surface area contributed by atoms with Crippen LogP contribution < -0.4 is 11.1 Å². The first-order valence-corrected chi connectivity index (χ1v) is 9.03. The Morgan fingerprint density at radius 1 is 1.26 bits per heavy atom. The Labute approximate surface area is 149 Å². The highest BCUT2D eigenvalue weighted by Gasteiger charge is 2.13. The van der Waals surface area contributed by atoms with Gasteiger partial charge in [-0.25, -0.2) is 0 Å². The Bertz CT molecular complexity index is 659. The van der Waals surface area contributed by atoms with Crippen LogP contribution in [0, 0.1) is 0 Å². The van der Waals surface area contributed by atoms with Crippen molar-refractivity contribution >= 4 is 46.7 Å². The zero-order valence-corrected chi connectivity index (χ0v) is 14.9. The van der Waals surface area contributed by atoms with Crippen molar-refractivity contribution in [3.05, 3.63) is 28.2 Å². The number of rotatable bonds is 8. The number of thioether (sulfide) groups is 1. The molecule has 0 saturated heterocycles. The monoisotopic (exact) mass is 373 g/mol. The first kappa shape index (κ1) is 18.1.